The molecule has 0 saturated carbocycles. The second-order valence-electron chi connectivity index (χ2n) is 5.86. The summed E-state index contributed by atoms with van der Waals surface area (Å²) in [6, 6.07) is 18.9. The fourth-order valence-corrected chi connectivity index (χ4v) is 2.50. The molecule has 0 radical (unpaired) electrons. The van der Waals surface area contributed by atoms with Crippen LogP contribution < -0.4 is 0 Å². The molecule has 0 N–H and O–H groups in total. The predicted octanol–water partition coefficient (Wildman–Crippen LogP) is 2.42. The van der Waals surface area contributed by atoms with E-state index in [1.54, 1.807) is 24.3 Å². The lowest BCUT2D eigenvalue weighted by Crippen LogP contribution is -2.41. The van der Waals surface area contributed by atoms with Gasteiger partial charge in [0.05, 0.1) is 61.9 Å². The summed E-state index contributed by atoms with van der Waals surface area (Å²) in [7, 11) is 0. The third-order valence-corrected chi connectivity index (χ3v) is 4.05. The quantitative estimate of drug-likeness (QED) is 0.799. The van der Waals surface area contributed by atoms with Gasteiger partial charge in [-0.2, -0.15) is 20.7 Å². The first-order chi connectivity index (χ1) is 12.8. The molecule has 2 aromatic rings. The average molecular weight is 342 g/mol. The summed E-state index contributed by atoms with van der Waals surface area (Å²) in [6.07, 6.45) is 3.63. The summed E-state index contributed by atoms with van der Waals surface area (Å²) in [5.41, 5.74) is 3.25. The largest absolute Gasteiger partial charge is 0.293 e. The summed E-state index contributed by atoms with van der Waals surface area (Å²) in [5.74, 6) is 0. The number of nitriles is 2. The molecule has 0 bridgehead atoms. The van der Waals surface area contributed by atoms with E-state index >= 15 is 0 Å². The van der Waals surface area contributed by atoms with E-state index in [0.717, 1.165) is 37.3 Å². The molecule has 1 heterocycles. The van der Waals surface area contributed by atoms with Gasteiger partial charge in [0.15, 0.2) is 0 Å². The average Bonchev–Trinajstić information content (AvgIpc) is 2.72. The molecular weight excluding hydrogens is 324 g/mol. The van der Waals surface area contributed by atoms with Crippen LogP contribution in [0.5, 0.6) is 0 Å². The fourth-order valence-electron chi connectivity index (χ4n) is 2.50. The maximum atomic E-state index is 8.81. The molecule has 1 aliphatic heterocycles. The van der Waals surface area contributed by atoms with Gasteiger partial charge in [-0.15, -0.1) is 0 Å². The summed E-state index contributed by atoms with van der Waals surface area (Å²) < 4.78 is 0. The topological polar surface area (TPSA) is 78.8 Å². The first-order valence-corrected chi connectivity index (χ1v) is 8.35. The van der Waals surface area contributed by atoms with Crippen molar-refractivity contribution in [2.45, 2.75) is 0 Å². The first-order valence-electron chi connectivity index (χ1n) is 8.35. The number of piperazine rings is 1. The minimum absolute atomic E-state index is 0.649. The summed E-state index contributed by atoms with van der Waals surface area (Å²) in [5, 5.41) is 30.6. The number of hydrazone groups is 2. The van der Waals surface area contributed by atoms with E-state index in [9.17, 15) is 0 Å². The molecule has 1 saturated heterocycles. The van der Waals surface area contributed by atoms with E-state index in [1.165, 1.54) is 0 Å². The Labute approximate surface area is 152 Å². The van der Waals surface area contributed by atoms with Gasteiger partial charge in [-0.25, -0.2) is 0 Å². The van der Waals surface area contributed by atoms with Crippen LogP contribution in [-0.4, -0.2) is 48.6 Å². The van der Waals surface area contributed by atoms with Crippen molar-refractivity contribution in [1.82, 2.24) is 10.0 Å². The highest BCUT2D eigenvalue weighted by atomic mass is 15.5. The van der Waals surface area contributed by atoms with Gasteiger partial charge in [0.2, 0.25) is 0 Å². The molecule has 2 aromatic carbocycles. The standard InChI is InChI=1S/C20H18N6/c21-13-17-1-5-19(6-2-17)15-23-25-9-11-26(12-10-25)24-16-20-7-3-18(14-22)4-8-20/h1-8,15-16H,9-12H2/b23-15-,24-16+. The molecule has 0 aliphatic carbocycles. The van der Waals surface area contributed by atoms with Gasteiger partial charge in [0.25, 0.3) is 0 Å². The van der Waals surface area contributed by atoms with Crippen LogP contribution in [0, 0.1) is 22.7 Å². The van der Waals surface area contributed by atoms with Crippen LogP contribution in [0.15, 0.2) is 58.7 Å². The fraction of sp³-hybridized carbons (Fsp3) is 0.200. The van der Waals surface area contributed by atoms with Crippen molar-refractivity contribution in [3.8, 4) is 12.1 Å². The van der Waals surface area contributed by atoms with Crippen LogP contribution in [0.2, 0.25) is 0 Å². The maximum absolute atomic E-state index is 8.81. The van der Waals surface area contributed by atoms with Crippen molar-refractivity contribution in [2.24, 2.45) is 10.2 Å². The molecule has 0 aromatic heterocycles. The third kappa shape index (κ3) is 4.68. The molecule has 1 aliphatic rings. The van der Waals surface area contributed by atoms with Crippen molar-refractivity contribution >= 4 is 12.4 Å². The molecule has 0 unspecified atom stereocenters. The number of nitrogens with zero attached hydrogens (tertiary/aromatic N) is 6. The van der Waals surface area contributed by atoms with Gasteiger partial charge < -0.3 is 0 Å². The molecule has 26 heavy (non-hydrogen) atoms. The Kier molecular flexibility index (Phi) is 5.59. The van der Waals surface area contributed by atoms with Crippen LogP contribution in [0.4, 0.5) is 0 Å². The van der Waals surface area contributed by atoms with E-state index in [1.807, 2.05) is 46.7 Å². The zero-order valence-electron chi connectivity index (χ0n) is 14.3. The number of hydrogen-bond acceptors (Lipinski definition) is 6. The molecular formula is C20H18N6. The zero-order valence-corrected chi connectivity index (χ0v) is 14.3. The Balaban J connectivity index is 1.49. The van der Waals surface area contributed by atoms with Gasteiger partial charge in [0.1, 0.15) is 0 Å². The minimum Gasteiger partial charge on any atom is -0.293 e. The number of rotatable bonds is 4. The van der Waals surface area contributed by atoms with Gasteiger partial charge >= 0.3 is 0 Å². The van der Waals surface area contributed by atoms with Gasteiger partial charge in [-0.05, 0) is 35.4 Å². The Hall–Kier alpha value is -3.64. The molecule has 0 atom stereocenters. The second kappa shape index (κ2) is 8.46. The smallest absolute Gasteiger partial charge is 0.0991 e. The monoisotopic (exact) mass is 342 g/mol. The molecule has 0 spiro atoms. The van der Waals surface area contributed by atoms with E-state index in [2.05, 4.69) is 22.3 Å². The summed E-state index contributed by atoms with van der Waals surface area (Å²) >= 11 is 0. The van der Waals surface area contributed by atoms with Crippen LogP contribution >= 0.6 is 0 Å². The van der Waals surface area contributed by atoms with Crippen molar-refractivity contribution in [3.63, 3.8) is 0 Å². The van der Waals surface area contributed by atoms with Crippen LogP contribution in [0.3, 0.4) is 0 Å². The molecule has 0 amide bonds. The van der Waals surface area contributed by atoms with Gasteiger partial charge in [0, 0.05) is 0 Å². The highest BCUT2D eigenvalue weighted by Gasteiger charge is 2.12. The Morgan fingerprint density at radius 1 is 0.654 bits per heavy atom. The van der Waals surface area contributed by atoms with Crippen molar-refractivity contribution in [1.29, 1.82) is 10.5 Å². The highest BCUT2D eigenvalue weighted by Crippen LogP contribution is 2.06. The molecule has 6 nitrogen and oxygen atoms in total. The Bertz CT molecular complexity index is 785. The van der Waals surface area contributed by atoms with E-state index in [-0.39, 0.29) is 0 Å². The van der Waals surface area contributed by atoms with Crippen LogP contribution in [-0.2, 0) is 0 Å². The van der Waals surface area contributed by atoms with Crippen molar-refractivity contribution < 1.29 is 0 Å². The third-order valence-electron chi connectivity index (χ3n) is 4.05. The van der Waals surface area contributed by atoms with Crippen LogP contribution in [0.25, 0.3) is 0 Å². The molecule has 6 heteroatoms. The normalized spacial score (nSPS) is 14.5. The number of hydrogen-bond donors (Lipinski definition) is 0. The Morgan fingerprint density at radius 2 is 1.00 bits per heavy atom. The van der Waals surface area contributed by atoms with E-state index in [0.29, 0.717) is 11.1 Å². The van der Waals surface area contributed by atoms with Gasteiger partial charge in [-0.1, -0.05) is 24.3 Å². The van der Waals surface area contributed by atoms with Gasteiger partial charge in [-0.3, -0.25) is 10.0 Å². The predicted molar refractivity (Wildman–Crippen MR) is 101 cm³/mol. The zero-order chi connectivity index (χ0) is 18.2. The Morgan fingerprint density at radius 3 is 1.31 bits per heavy atom. The minimum atomic E-state index is 0.649. The lowest BCUT2D eigenvalue weighted by molar-refractivity contribution is 0.141. The number of benzene rings is 2. The summed E-state index contributed by atoms with van der Waals surface area (Å²) in [6.45, 7) is 3.21. The second-order valence-corrected chi connectivity index (χ2v) is 5.86. The van der Waals surface area contributed by atoms with E-state index < -0.39 is 0 Å². The molecule has 128 valence electrons. The highest BCUT2D eigenvalue weighted by molar-refractivity contribution is 5.80. The lowest BCUT2D eigenvalue weighted by Gasteiger charge is -2.31. The molecule has 1 fully saturated rings. The van der Waals surface area contributed by atoms with E-state index in [4.69, 9.17) is 10.5 Å². The molecule has 3 rings (SSSR count). The first kappa shape index (κ1) is 17.2. The van der Waals surface area contributed by atoms with Crippen molar-refractivity contribution in [2.75, 3.05) is 26.2 Å². The SMILES string of the molecule is N#Cc1ccc(/C=N\N2CCN(/N=C/c3ccc(C#N)cc3)CC2)cc1. The van der Waals surface area contributed by atoms with Crippen LogP contribution in [0.1, 0.15) is 22.3 Å². The summed E-state index contributed by atoms with van der Waals surface area (Å²) in [4.78, 5) is 0. The lowest BCUT2D eigenvalue weighted by atomic mass is 10.2. The maximum Gasteiger partial charge on any atom is 0.0991 e. The van der Waals surface area contributed by atoms with Crippen molar-refractivity contribution in [3.05, 3.63) is 70.8 Å².